The zero-order chi connectivity index (χ0) is 25.3. The number of rotatable bonds is 4. The fraction of sp³-hybridized carbons (Fsp3) is 0.680. The summed E-state index contributed by atoms with van der Waals surface area (Å²) >= 11 is 0. The lowest BCUT2D eigenvalue weighted by Crippen LogP contribution is -2.54. The fourth-order valence-electron chi connectivity index (χ4n) is 5.00. The molecule has 1 aliphatic carbocycles. The van der Waals surface area contributed by atoms with Gasteiger partial charge in [-0.15, -0.1) is 0 Å². The van der Waals surface area contributed by atoms with Gasteiger partial charge in [0, 0.05) is 37.9 Å². The summed E-state index contributed by atoms with van der Waals surface area (Å²) in [4.78, 5) is 29.6. The Balaban J connectivity index is 1.63. The Labute approximate surface area is 199 Å². The molecule has 190 valence electrons. The summed E-state index contributed by atoms with van der Waals surface area (Å²) in [5.74, 6) is 0.159. The molecule has 0 aromatic heterocycles. The summed E-state index contributed by atoms with van der Waals surface area (Å²) in [7, 11) is 0. The first-order valence-electron chi connectivity index (χ1n) is 11.9. The van der Waals surface area contributed by atoms with Gasteiger partial charge in [0.05, 0.1) is 11.0 Å². The third kappa shape index (κ3) is 5.96. The third-order valence-corrected chi connectivity index (χ3v) is 6.91. The van der Waals surface area contributed by atoms with E-state index in [-0.39, 0.29) is 17.9 Å². The number of carbonyl (C=O) groups is 2. The molecule has 2 unspecified atom stereocenters. The zero-order valence-electron chi connectivity index (χ0n) is 20.7. The van der Waals surface area contributed by atoms with Gasteiger partial charge >= 0.3 is 12.3 Å². The molecule has 2 aliphatic rings. The number of nitrogens with zero attached hydrogens (tertiary/aromatic N) is 2. The van der Waals surface area contributed by atoms with E-state index in [0.717, 1.165) is 12.1 Å². The molecule has 1 saturated carbocycles. The van der Waals surface area contributed by atoms with Crippen LogP contribution in [-0.4, -0.2) is 54.7 Å². The van der Waals surface area contributed by atoms with Crippen LogP contribution in [0.2, 0.25) is 0 Å². The summed E-state index contributed by atoms with van der Waals surface area (Å²) in [5, 5.41) is 2.92. The molecule has 1 N–H and O–H groups in total. The Hall–Kier alpha value is -2.45. The van der Waals surface area contributed by atoms with Crippen molar-refractivity contribution in [3.8, 4) is 0 Å². The molecular formula is C25H36F3N3O3. The van der Waals surface area contributed by atoms with E-state index in [1.165, 1.54) is 6.07 Å². The van der Waals surface area contributed by atoms with E-state index in [1.54, 1.807) is 6.07 Å². The first kappa shape index (κ1) is 26.2. The molecule has 6 nitrogen and oxygen atoms in total. The van der Waals surface area contributed by atoms with E-state index in [0.29, 0.717) is 51.1 Å². The molecule has 1 saturated heterocycles. The highest BCUT2D eigenvalue weighted by molar-refractivity contribution is 5.84. The number of hydrogen-bond donors (Lipinski definition) is 1. The molecule has 1 aromatic rings. The van der Waals surface area contributed by atoms with Crippen LogP contribution in [0.25, 0.3) is 0 Å². The number of nitrogens with one attached hydrogen (secondary N) is 1. The molecule has 0 radical (unpaired) electrons. The fourth-order valence-corrected chi connectivity index (χ4v) is 5.00. The molecule has 2 atom stereocenters. The highest BCUT2D eigenvalue weighted by atomic mass is 19.4. The molecule has 0 bridgehead atoms. The molecule has 0 spiro atoms. The van der Waals surface area contributed by atoms with Crippen molar-refractivity contribution < 1.29 is 27.5 Å². The van der Waals surface area contributed by atoms with Gasteiger partial charge < -0.3 is 19.9 Å². The molecule has 1 aromatic carbocycles. The summed E-state index contributed by atoms with van der Waals surface area (Å²) in [5.41, 5.74) is -1.31. The predicted octanol–water partition coefficient (Wildman–Crippen LogP) is 5.07. The number of benzene rings is 1. The smallest absolute Gasteiger partial charge is 0.416 e. The Morgan fingerprint density at radius 3 is 2.32 bits per heavy atom. The van der Waals surface area contributed by atoms with Crippen LogP contribution in [0.5, 0.6) is 0 Å². The highest BCUT2D eigenvalue weighted by Gasteiger charge is 2.50. The van der Waals surface area contributed by atoms with E-state index in [2.05, 4.69) is 5.32 Å². The van der Waals surface area contributed by atoms with Crippen molar-refractivity contribution in [2.24, 2.45) is 11.3 Å². The molecule has 34 heavy (non-hydrogen) atoms. The van der Waals surface area contributed by atoms with Crippen molar-refractivity contribution in [1.29, 1.82) is 0 Å². The van der Waals surface area contributed by atoms with Crippen LogP contribution in [0.1, 0.15) is 59.4 Å². The maximum atomic E-state index is 13.7. The van der Waals surface area contributed by atoms with Crippen LogP contribution in [-0.2, 0) is 15.7 Å². The number of alkyl carbamates (subject to hydrolysis) is 1. The van der Waals surface area contributed by atoms with Crippen LogP contribution >= 0.6 is 0 Å². The number of ether oxygens (including phenoxy) is 1. The predicted molar refractivity (Wildman–Crippen MR) is 125 cm³/mol. The van der Waals surface area contributed by atoms with E-state index in [4.69, 9.17) is 4.74 Å². The number of piperazine rings is 1. The number of carbonyl (C=O) groups excluding carboxylic acids is 2. The number of halogens is 3. The van der Waals surface area contributed by atoms with Gasteiger partial charge in [0.15, 0.2) is 0 Å². The zero-order valence-corrected chi connectivity index (χ0v) is 20.7. The first-order chi connectivity index (χ1) is 15.7. The standard InChI is InChI=1S/C25H36F3N3O3/c1-17(2)24(10-9-19(16-24)29-22(33)34-23(3,4)5)21(32)31-13-11-30(12-14-31)20-8-6-7-18(15-20)25(26,27)28/h6-8,15,17,19H,9-14,16H2,1-5H3,(H,29,33). The molecule has 1 aliphatic heterocycles. The third-order valence-electron chi connectivity index (χ3n) is 6.91. The van der Waals surface area contributed by atoms with Crippen LogP contribution in [0.4, 0.5) is 23.7 Å². The minimum Gasteiger partial charge on any atom is -0.444 e. The van der Waals surface area contributed by atoms with Crippen molar-refractivity contribution in [3.05, 3.63) is 29.8 Å². The highest BCUT2D eigenvalue weighted by Crippen LogP contribution is 2.46. The number of amides is 2. The second-order valence-corrected chi connectivity index (χ2v) is 10.7. The van der Waals surface area contributed by atoms with Gasteiger partial charge in [-0.1, -0.05) is 19.9 Å². The van der Waals surface area contributed by atoms with E-state index < -0.39 is 28.8 Å². The maximum Gasteiger partial charge on any atom is 0.416 e. The summed E-state index contributed by atoms with van der Waals surface area (Å²) in [6.07, 6.45) is -2.93. The summed E-state index contributed by atoms with van der Waals surface area (Å²) < 4.78 is 44.6. The van der Waals surface area contributed by atoms with Gasteiger partial charge in [-0.2, -0.15) is 13.2 Å². The quantitative estimate of drug-likeness (QED) is 0.649. The maximum absolute atomic E-state index is 13.7. The average molecular weight is 484 g/mol. The van der Waals surface area contributed by atoms with Gasteiger partial charge in [0.2, 0.25) is 5.91 Å². The summed E-state index contributed by atoms with van der Waals surface area (Å²) in [6, 6.07) is 5.19. The van der Waals surface area contributed by atoms with Crippen LogP contribution in [0.15, 0.2) is 24.3 Å². The SMILES string of the molecule is CC(C)C1(C(=O)N2CCN(c3cccc(C(F)(F)F)c3)CC2)CCC(NC(=O)OC(C)(C)C)C1. The monoisotopic (exact) mass is 483 g/mol. The Morgan fingerprint density at radius 2 is 1.76 bits per heavy atom. The van der Waals surface area contributed by atoms with Crippen LogP contribution in [0.3, 0.4) is 0 Å². The minimum absolute atomic E-state index is 0.0691. The Morgan fingerprint density at radius 1 is 1.12 bits per heavy atom. The van der Waals surface area contributed by atoms with Gasteiger partial charge in [0.25, 0.3) is 0 Å². The van der Waals surface area contributed by atoms with Crippen molar-refractivity contribution in [2.75, 3.05) is 31.1 Å². The molecule has 9 heteroatoms. The topological polar surface area (TPSA) is 61.9 Å². The van der Waals surface area contributed by atoms with Crippen molar-refractivity contribution in [3.63, 3.8) is 0 Å². The van der Waals surface area contributed by atoms with Gasteiger partial charge in [-0.05, 0) is 64.2 Å². The number of anilines is 1. The van der Waals surface area contributed by atoms with Crippen molar-refractivity contribution >= 4 is 17.7 Å². The molecule has 2 fully saturated rings. The normalized spacial score (nSPS) is 23.9. The summed E-state index contributed by atoms with van der Waals surface area (Å²) in [6.45, 7) is 11.3. The second-order valence-electron chi connectivity index (χ2n) is 10.7. The van der Waals surface area contributed by atoms with E-state index >= 15 is 0 Å². The first-order valence-corrected chi connectivity index (χ1v) is 11.9. The Kier molecular flexibility index (Phi) is 7.43. The molecule has 1 heterocycles. The second kappa shape index (κ2) is 9.66. The van der Waals surface area contributed by atoms with Crippen molar-refractivity contribution in [1.82, 2.24) is 10.2 Å². The lowest BCUT2D eigenvalue weighted by Gasteiger charge is -2.42. The number of alkyl halides is 3. The molecule has 2 amide bonds. The van der Waals surface area contributed by atoms with E-state index in [1.807, 2.05) is 44.4 Å². The van der Waals surface area contributed by atoms with Crippen LogP contribution < -0.4 is 10.2 Å². The largest absolute Gasteiger partial charge is 0.444 e. The lowest BCUT2D eigenvalue weighted by molar-refractivity contribution is -0.145. The minimum atomic E-state index is -4.39. The lowest BCUT2D eigenvalue weighted by atomic mass is 9.74. The molecule has 3 rings (SSSR count). The van der Waals surface area contributed by atoms with Gasteiger partial charge in [-0.3, -0.25) is 4.79 Å². The van der Waals surface area contributed by atoms with Gasteiger partial charge in [0.1, 0.15) is 5.60 Å². The number of hydrogen-bond acceptors (Lipinski definition) is 4. The average Bonchev–Trinajstić information content (AvgIpc) is 3.16. The Bertz CT molecular complexity index is 889. The van der Waals surface area contributed by atoms with Gasteiger partial charge in [-0.25, -0.2) is 4.79 Å². The van der Waals surface area contributed by atoms with Crippen LogP contribution in [0, 0.1) is 11.3 Å². The van der Waals surface area contributed by atoms with E-state index in [9.17, 15) is 22.8 Å². The van der Waals surface area contributed by atoms with Crippen molar-refractivity contribution in [2.45, 2.75) is 71.7 Å². The molecular weight excluding hydrogens is 447 g/mol.